The van der Waals surface area contributed by atoms with Gasteiger partial charge in [-0.1, -0.05) is 105 Å². The molecule has 0 aliphatic heterocycles. The van der Waals surface area contributed by atoms with Crippen molar-refractivity contribution in [2.45, 2.75) is 137 Å². The average Bonchev–Trinajstić information content (AvgIpc) is 2.80. The summed E-state index contributed by atoms with van der Waals surface area (Å²) in [5.41, 5.74) is 0. The van der Waals surface area contributed by atoms with Gasteiger partial charge in [-0.05, 0) is 32.6 Å². The molecule has 4 heteroatoms. The molecule has 0 aromatic heterocycles. The molecule has 32 heavy (non-hydrogen) atoms. The van der Waals surface area contributed by atoms with E-state index in [1.165, 1.54) is 77.0 Å². The fourth-order valence-corrected chi connectivity index (χ4v) is 4.24. The molecule has 2 amide bonds. The predicted molar refractivity (Wildman–Crippen MR) is 139 cm³/mol. The van der Waals surface area contributed by atoms with Crippen molar-refractivity contribution in [1.29, 1.82) is 0 Å². The van der Waals surface area contributed by atoms with Gasteiger partial charge in [-0.3, -0.25) is 9.59 Å². The number of hydrogen-bond donors (Lipinski definition) is 0. The molecule has 0 aliphatic rings. The molecule has 0 aromatic carbocycles. The van der Waals surface area contributed by atoms with Crippen LogP contribution in [0.1, 0.15) is 137 Å². The molecule has 0 aromatic rings. The molecule has 0 atom stereocenters. The lowest BCUT2D eigenvalue weighted by atomic mass is 10.1. The average molecular weight is 453 g/mol. The molecule has 0 spiro atoms. The maximum atomic E-state index is 13.3. The SMILES string of the molecule is CCCCCCN(CCCCCC)C(=O)C(C)C(=O)N(CCCCCC)CCCCCC. The number of hydrogen-bond acceptors (Lipinski definition) is 2. The summed E-state index contributed by atoms with van der Waals surface area (Å²) in [4.78, 5) is 30.7. The van der Waals surface area contributed by atoms with Crippen molar-refractivity contribution in [3.8, 4) is 0 Å². The van der Waals surface area contributed by atoms with Gasteiger partial charge in [0.1, 0.15) is 5.92 Å². The largest absolute Gasteiger partial charge is 0.342 e. The summed E-state index contributed by atoms with van der Waals surface area (Å²) >= 11 is 0. The Balaban J connectivity index is 5.00. The lowest BCUT2D eigenvalue weighted by Gasteiger charge is -2.30. The first-order valence-electron chi connectivity index (χ1n) is 14.1. The second-order valence-corrected chi connectivity index (χ2v) is 9.61. The normalized spacial score (nSPS) is 11.2. The zero-order chi connectivity index (χ0) is 24.0. The maximum Gasteiger partial charge on any atom is 0.234 e. The molecular weight excluding hydrogens is 396 g/mol. The van der Waals surface area contributed by atoms with Gasteiger partial charge in [0.2, 0.25) is 11.8 Å². The quantitative estimate of drug-likeness (QED) is 0.125. The van der Waals surface area contributed by atoms with Gasteiger partial charge >= 0.3 is 0 Å². The van der Waals surface area contributed by atoms with Gasteiger partial charge in [-0.25, -0.2) is 0 Å². The van der Waals surface area contributed by atoms with Gasteiger partial charge in [0, 0.05) is 26.2 Å². The first-order chi connectivity index (χ1) is 15.5. The highest BCUT2D eigenvalue weighted by Crippen LogP contribution is 2.14. The van der Waals surface area contributed by atoms with Gasteiger partial charge in [-0.15, -0.1) is 0 Å². The van der Waals surface area contributed by atoms with Gasteiger partial charge in [0.15, 0.2) is 0 Å². The Bertz CT molecular complexity index is 389. The molecule has 4 nitrogen and oxygen atoms in total. The van der Waals surface area contributed by atoms with E-state index in [1.807, 2.05) is 16.7 Å². The Morgan fingerprint density at radius 1 is 0.469 bits per heavy atom. The number of carbonyl (C=O) groups excluding carboxylic acids is 2. The summed E-state index contributed by atoms with van der Waals surface area (Å²) in [5.74, 6) is -0.449. The predicted octanol–water partition coefficient (Wildman–Crippen LogP) is 7.60. The lowest BCUT2D eigenvalue weighted by Crippen LogP contribution is -2.45. The zero-order valence-electron chi connectivity index (χ0n) is 22.4. The highest BCUT2D eigenvalue weighted by Gasteiger charge is 2.29. The minimum absolute atomic E-state index is 0.0510. The Morgan fingerprint density at radius 3 is 0.938 bits per heavy atom. The lowest BCUT2D eigenvalue weighted by molar-refractivity contribution is -0.146. The second-order valence-electron chi connectivity index (χ2n) is 9.61. The van der Waals surface area contributed by atoms with Crippen LogP contribution in [0, 0.1) is 5.92 Å². The third-order valence-electron chi connectivity index (χ3n) is 6.49. The third-order valence-corrected chi connectivity index (χ3v) is 6.49. The van der Waals surface area contributed by atoms with E-state index in [0.717, 1.165) is 51.9 Å². The molecule has 0 saturated carbocycles. The number of unbranched alkanes of at least 4 members (excludes halogenated alkanes) is 12. The molecule has 0 radical (unpaired) electrons. The molecule has 0 heterocycles. The molecule has 0 bridgehead atoms. The molecule has 190 valence electrons. The minimum atomic E-state index is -0.551. The number of nitrogens with zero attached hydrogens (tertiary/aromatic N) is 2. The number of carbonyl (C=O) groups is 2. The van der Waals surface area contributed by atoms with Crippen LogP contribution in [0.3, 0.4) is 0 Å². The highest BCUT2D eigenvalue weighted by atomic mass is 16.2. The molecule has 0 aliphatic carbocycles. The van der Waals surface area contributed by atoms with E-state index in [9.17, 15) is 9.59 Å². The fourth-order valence-electron chi connectivity index (χ4n) is 4.24. The highest BCUT2D eigenvalue weighted by molar-refractivity contribution is 5.99. The van der Waals surface area contributed by atoms with E-state index in [1.54, 1.807) is 0 Å². The van der Waals surface area contributed by atoms with Crippen LogP contribution in [0.2, 0.25) is 0 Å². The molecule has 0 saturated heterocycles. The molecule has 0 unspecified atom stereocenters. The number of rotatable bonds is 22. The van der Waals surface area contributed by atoms with Gasteiger partial charge in [0.05, 0.1) is 0 Å². The standard InChI is InChI=1S/C28H56N2O2/c1-6-10-14-18-22-29(23-19-15-11-7-2)27(31)26(5)28(32)30(24-20-16-12-8-3)25-21-17-13-9-4/h26H,6-25H2,1-5H3. The Morgan fingerprint density at radius 2 is 0.719 bits per heavy atom. The monoisotopic (exact) mass is 452 g/mol. The third kappa shape index (κ3) is 14.9. The van der Waals surface area contributed by atoms with Gasteiger partial charge < -0.3 is 9.80 Å². The van der Waals surface area contributed by atoms with Crippen molar-refractivity contribution in [3.05, 3.63) is 0 Å². The van der Waals surface area contributed by atoms with Crippen LogP contribution in [0.15, 0.2) is 0 Å². The topological polar surface area (TPSA) is 40.6 Å². The summed E-state index contributed by atoms with van der Waals surface area (Å²) < 4.78 is 0. The van der Waals surface area contributed by atoms with E-state index in [0.29, 0.717) is 0 Å². The molecule has 0 rings (SSSR count). The summed E-state index contributed by atoms with van der Waals surface area (Å²) in [5, 5.41) is 0. The molecule has 0 N–H and O–H groups in total. The van der Waals surface area contributed by atoms with E-state index >= 15 is 0 Å². The van der Waals surface area contributed by atoms with Crippen molar-refractivity contribution in [1.82, 2.24) is 9.80 Å². The fraction of sp³-hybridized carbons (Fsp3) is 0.929. The summed E-state index contributed by atoms with van der Waals surface area (Å²) in [6, 6.07) is 0. The van der Waals surface area contributed by atoms with Gasteiger partial charge in [-0.2, -0.15) is 0 Å². The van der Waals surface area contributed by atoms with Crippen LogP contribution in [-0.4, -0.2) is 47.8 Å². The maximum absolute atomic E-state index is 13.3. The van der Waals surface area contributed by atoms with Crippen molar-refractivity contribution in [2.75, 3.05) is 26.2 Å². The van der Waals surface area contributed by atoms with Crippen molar-refractivity contribution < 1.29 is 9.59 Å². The Kier molecular flexibility index (Phi) is 21.0. The van der Waals surface area contributed by atoms with E-state index in [-0.39, 0.29) is 11.8 Å². The first-order valence-corrected chi connectivity index (χ1v) is 14.1. The smallest absolute Gasteiger partial charge is 0.234 e. The molecular formula is C28H56N2O2. The minimum Gasteiger partial charge on any atom is -0.342 e. The van der Waals surface area contributed by atoms with Crippen molar-refractivity contribution in [3.63, 3.8) is 0 Å². The van der Waals surface area contributed by atoms with Crippen LogP contribution < -0.4 is 0 Å². The zero-order valence-corrected chi connectivity index (χ0v) is 22.4. The van der Waals surface area contributed by atoms with Crippen LogP contribution >= 0.6 is 0 Å². The van der Waals surface area contributed by atoms with Crippen LogP contribution in [0.4, 0.5) is 0 Å². The Labute approximate surface area is 200 Å². The van der Waals surface area contributed by atoms with Crippen molar-refractivity contribution >= 4 is 11.8 Å². The van der Waals surface area contributed by atoms with Crippen LogP contribution in [-0.2, 0) is 9.59 Å². The van der Waals surface area contributed by atoms with Gasteiger partial charge in [0.25, 0.3) is 0 Å². The number of amides is 2. The van der Waals surface area contributed by atoms with Crippen LogP contribution in [0.5, 0.6) is 0 Å². The van der Waals surface area contributed by atoms with E-state index < -0.39 is 5.92 Å². The molecule has 0 fully saturated rings. The Hall–Kier alpha value is -1.06. The summed E-state index contributed by atoms with van der Waals surface area (Å²) in [6.45, 7) is 13.9. The first kappa shape index (κ1) is 30.9. The van der Waals surface area contributed by atoms with E-state index in [2.05, 4.69) is 27.7 Å². The van der Waals surface area contributed by atoms with Crippen LogP contribution in [0.25, 0.3) is 0 Å². The van der Waals surface area contributed by atoms with Crippen molar-refractivity contribution in [2.24, 2.45) is 5.92 Å². The second kappa shape index (κ2) is 21.8. The van der Waals surface area contributed by atoms with E-state index in [4.69, 9.17) is 0 Å². The summed E-state index contributed by atoms with van der Waals surface area (Å²) in [7, 11) is 0. The summed E-state index contributed by atoms with van der Waals surface area (Å²) in [6.07, 6.45) is 18.5.